The lowest BCUT2D eigenvalue weighted by Gasteiger charge is -2.29. The van der Waals surface area contributed by atoms with Crippen molar-refractivity contribution in [1.82, 2.24) is 15.0 Å². The van der Waals surface area contributed by atoms with E-state index in [1.165, 1.54) is 0 Å². The normalized spacial score (nSPS) is 17.6. The Balaban J connectivity index is 1.45. The second kappa shape index (κ2) is 6.47. The van der Waals surface area contributed by atoms with Crippen LogP contribution in [0.25, 0.3) is 10.7 Å². The first-order valence-corrected chi connectivity index (χ1v) is 7.96. The summed E-state index contributed by atoms with van der Waals surface area (Å²) in [6, 6.07) is 3.99. The monoisotopic (exact) mass is 293 g/mol. The summed E-state index contributed by atoms with van der Waals surface area (Å²) in [5, 5.41) is 15.5. The number of hydrogen-bond donors (Lipinski definition) is 1. The van der Waals surface area contributed by atoms with E-state index < -0.39 is 0 Å². The van der Waals surface area contributed by atoms with Gasteiger partial charge >= 0.3 is 0 Å². The van der Waals surface area contributed by atoms with Gasteiger partial charge < -0.3 is 14.5 Å². The van der Waals surface area contributed by atoms with Crippen LogP contribution in [-0.4, -0.2) is 45.9 Å². The molecule has 1 N–H and O–H groups in total. The molecular formula is C14H19N3O2S. The summed E-state index contributed by atoms with van der Waals surface area (Å²) >= 11 is 1.62. The number of rotatable bonds is 5. The van der Waals surface area contributed by atoms with Gasteiger partial charge in [0.15, 0.2) is 0 Å². The number of hydrogen-bond acceptors (Lipinski definition) is 6. The van der Waals surface area contributed by atoms with Gasteiger partial charge in [-0.1, -0.05) is 11.2 Å². The van der Waals surface area contributed by atoms with Crippen molar-refractivity contribution in [3.63, 3.8) is 0 Å². The largest absolute Gasteiger partial charge is 0.393 e. The molecule has 20 heavy (non-hydrogen) atoms. The van der Waals surface area contributed by atoms with E-state index in [1.54, 1.807) is 11.3 Å². The molecule has 3 rings (SSSR count). The zero-order chi connectivity index (χ0) is 13.8. The third-order valence-corrected chi connectivity index (χ3v) is 4.50. The van der Waals surface area contributed by atoms with Gasteiger partial charge in [-0.3, -0.25) is 0 Å². The highest BCUT2D eigenvalue weighted by molar-refractivity contribution is 7.13. The van der Waals surface area contributed by atoms with Crippen LogP contribution in [-0.2, 0) is 6.42 Å². The Hall–Kier alpha value is -1.24. The number of thiophene rings is 1. The van der Waals surface area contributed by atoms with E-state index in [-0.39, 0.29) is 6.10 Å². The first-order chi connectivity index (χ1) is 9.81. The van der Waals surface area contributed by atoms with Crippen molar-refractivity contribution in [3.05, 3.63) is 23.4 Å². The summed E-state index contributed by atoms with van der Waals surface area (Å²) in [5.74, 6) is 1.40. The number of aryl methyl sites for hydroxylation is 1. The molecular weight excluding hydrogens is 274 g/mol. The zero-order valence-corrected chi connectivity index (χ0v) is 12.2. The van der Waals surface area contributed by atoms with Crippen LogP contribution in [0.1, 0.15) is 25.2 Å². The molecule has 6 heteroatoms. The Morgan fingerprint density at radius 1 is 1.40 bits per heavy atom. The molecule has 1 saturated heterocycles. The fraction of sp³-hybridized carbons (Fsp3) is 0.571. The highest BCUT2D eigenvalue weighted by Crippen LogP contribution is 2.21. The van der Waals surface area contributed by atoms with Gasteiger partial charge in [-0.15, -0.1) is 11.3 Å². The van der Waals surface area contributed by atoms with E-state index in [9.17, 15) is 5.11 Å². The summed E-state index contributed by atoms with van der Waals surface area (Å²) in [5.41, 5.74) is 0. The van der Waals surface area contributed by atoms with Crippen LogP contribution in [0.5, 0.6) is 0 Å². The molecule has 108 valence electrons. The summed E-state index contributed by atoms with van der Waals surface area (Å²) in [7, 11) is 0. The SMILES string of the molecule is OC1CCN(CCCc2nc(-c3cccs3)no2)CC1. The van der Waals surface area contributed by atoms with Gasteiger partial charge in [0.05, 0.1) is 11.0 Å². The minimum atomic E-state index is -0.101. The molecule has 0 radical (unpaired) electrons. The molecule has 0 aliphatic carbocycles. The average molecular weight is 293 g/mol. The summed E-state index contributed by atoms with van der Waals surface area (Å²) < 4.78 is 5.28. The van der Waals surface area contributed by atoms with Crippen LogP contribution in [0, 0.1) is 0 Å². The second-order valence-corrected chi connectivity index (χ2v) is 6.11. The Morgan fingerprint density at radius 3 is 3.00 bits per heavy atom. The number of piperidine rings is 1. The van der Waals surface area contributed by atoms with Gasteiger partial charge in [-0.25, -0.2) is 0 Å². The van der Waals surface area contributed by atoms with Gasteiger partial charge in [0.1, 0.15) is 0 Å². The minimum Gasteiger partial charge on any atom is -0.393 e. The molecule has 0 amide bonds. The van der Waals surface area contributed by atoms with Crippen molar-refractivity contribution in [2.45, 2.75) is 31.8 Å². The standard InChI is InChI=1S/C14H19N3O2S/c18-11-5-8-17(9-6-11)7-1-4-13-15-14(16-19-13)12-3-2-10-20-12/h2-3,10-11,18H,1,4-9H2. The maximum atomic E-state index is 9.46. The zero-order valence-electron chi connectivity index (χ0n) is 11.4. The predicted molar refractivity (Wildman–Crippen MR) is 77.6 cm³/mol. The molecule has 1 aliphatic heterocycles. The van der Waals surface area contributed by atoms with Gasteiger partial charge in [-0.2, -0.15) is 4.98 Å². The van der Waals surface area contributed by atoms with Crippen LogP contribution in [0.2, 0.25) is 0 Å². The number of likely N-dealkylation sites (tertiary alicyclic amines) is 1. The molecule has 0 unspecified atom stereocenters. The van der Waals surface area contributed by atoms with E-state index in [4.69, 9.17) is 4.52 Å². The molecule has 2 aromatic heterocycles. The summed E-state index contributed by atoms with van der Waals surface area (Å²) in [6.07, 6.45) is 3.52. The molecule has 0 aromatic carbocycles. The van der Waals surface area contributed by atoms with Gasteiger partial charge in [0.2, 0.25) is 11.7 Å². The van der Waals surface area contributed by atoms with E-state index in [0.29, 0.717) is 11.7 Å². The first kappa shape index (κ1) is 13.7. The number of aliphatic hydroxyl groups is 1. The Bertz CT molecular complexity index is 518. The molecule has 2 aromatic rings. The summed E-state index contributed by atoms with van der Waals surface area (Å²) in [4.78, 5) is 7.86. The minimum absolute atomic E-state index is 0.101. The van der Waals surface area contributed by atoms with Crippen molar-refractivity contribution in [1.29, 1.82) is 0 Å². The van der Waals surface area contributed by atoms with E-state index in [2.05, 4.69) is 15.0 Å². The van der Waals surface area contributed by atoms with E-state index in [0.717, 1.165) is 50.2 Å². The van der Waals surface area contributed by atoms with E-state index >= 15 is 0 Å². The van der Waals surface area contributed by atoms with Crippen LogP contribution in [0.15, 0.2) is 22.0 Å². The van der Waals surface area contributed by atoms with Gasteiger partial charge in [-0.05, 0) is 37.3 Å². The van der Waals surface area contributed by atoms with Crippen LogP contribution >= 0.6 is 11.3 Å². The lowest BCUT2D eigenvalue weighted by Crippen LogP contribution is -2.36. The maximum absolute atomic E-state index is 9.46. The molecule has 1 aliphatic rings. The van der Waals surface area contributed by atoms with Crippen molar-refractivity contribution < 1.29 is 9.63 Å². The maximum Gasteiger partial charge on any atom is 0.227 e. The first-order valence-electron chi connectivity index (χ1n) is 7.08. The Kier molecular flexibility index (Phi) is 4.44. The number of aliphatic hydroxyl groups excluding tert-OH is 1. The third-order valence-electron chi connectivity index (χ3n) is 3.63. The fourth-order valence-corrected chi connectivity index (χ4v) is 3.11. The van der Waals surface area contributed by atoms with Crippen LogP contribution in [0.4, 0.5) is 0 Å². The Morgan fingerprint density at radius 2 is 2.25 bits per heavy atom. The molecule has 0 saturated carbocycles. The van der Waals surface area contributed by atoms with Crippen molar-refractivity contribution in [2.24, 2.45) is 0 Å². The van der Waals surface area contributed by atoms with Gasteiger partial charge in [0.25, 0.3) is 0 Å². The topological polar surface area (TPSA) is 62.4 Å². The fourth-order valence-electron chi connectivity index (χ4n) is 2.46. The smallest absolute Gasteiger partial charge is 0.227 e. The predicted octanol–water partition coefficient (Wildman–Crippen LogP) is 2.19. The molecule has 5 nitrogen and oxygen atoms in total. The molecule has 1 fully saturated rings. The Labute approximate surface area is 122 Å². The molecule has 0 atom stereocenters. The highest BCUT2D eigenvalue weighted by Gasteiger charge is 2.16. The quantitative estimate of drug-likeness (QED) is 0.915. The highest BCUT2D eigenvalue weighted by atomic mass is 32.1. The third kappa shape index (κ3) is 3.45. The molecule has 0 bridgehead atoms. The molecule has 0 spiro atoms. The number of aromatic nitrogens is 2. The lowest BCUT2D eigenvalue weighted by atomic mass is 10.1. The van der Waals surface area contributed by atoms with Crippen LogP contribution < -0.4 is 0 Å². The molecule has 3 heterocycles. The van der Waals surface area contributed by atoms with Crippen molar-refractivity contribution in [2.75, 3.05) is 19.6 Å². The van der Waals surface area contributed by atoms with E-state index in [1.807, 2.05) is 17.5 Å². The van der Waals surface area contributed by atoms with Crippen LogP contribution in [0.3, 0.4) is 0 Å². The van der Waals surface area contributed by atoms with Crippen molar-refractivity contribution in [3.8, 4) is 10.7 Å². The van der Waals surface area contributed by atoms with Gasteiger partial charge in [0, 0.05) is 19.5 Å². The number of nitrogens with zero attached hydrogens (tertiary/aromatic N) is 3. The lowest BCUT2D eigenvalue weighted by molar-refractivity contribution is 0.0818. The summed E-state index contributed by atoms with van der Waals surface area (Å²) in [6.45, 7) is 3.01. The van der Waals surface area contributed by atoms with Crippen molar-refractivity contribution >= 4 is 11.3 Å². The average Bonchev–Trinajstić information content (AvgIpc) is 3.11. The second-order valence-electron chi connectivity index (χ2n) is 5.17.